The summed E-state index contributed by atoms with van der Waals surface area (Å²) in [5, 5.41) is 6.66. The number of nitrogens with one attached hydrogen (secondary N) is 2. The Morgan fingerprint density at radius 1 is 1.35 bits per heavy atom. The highest BCUT2D eigenvalue weighted by atomic mass is 35.5. The van der Waals surface area contributed by atoms with E-state index in [0.717, 1.165) is 11.8 Å². The minimum absolute atomic E-state index is 0.0481. The fourth-order valence-electron chi connectivity index (χ4n) is 2.47. The standard InChI is InChI=1S/C15H22ClN3O3S/c1-19(23(2,21)22)8-7-18-14(20)15(10-17-11-15)9-12-3-5-13(16)6-4-12/h3-6,17H,7-11H2,1-2H3,(H,18,20). The van der Waals surface area contributed by atoms with Crippen molar-refractivity contribution in [1.82, 2.24) is 14.9 Å². The fourth-order valence-corrected chi connectivity index (χ4v) is 3.01. The van der Waals surface area contributed by atoms with Crippen molar-refractivity contribution in [3.8, 4) is 0 Å². The molecule has 1 aromatic carbocycles. The molecule has 2 N–H and O–H groups in total. The highest BCUT2D eigenvalue weighted by Crippen LogP contribution is 2.28. The summed E-state index contributed by atoms with van der Waals surface area (Å²) in [6.45, 7) is 1.78. The lowest BCUT2D eigenvalue weighted by atomic mass is 9.75. The van der Waals surface area contributed by atoms with Gasteiger partial charge in [-0.3, -0.25) is 4.79 Å². The van der Waals surface area contributed by atoms with Crippen LogP contribution in [-0.4, -0.2) is 58.1 Å². The lowest BCUT2D eigenvalue weighted by molar-refractivity contribution is -0.133. The quantitative estimate of drug-likeness (QED) is 0.742. The van der Waals surface area contributed by atoms with Gasteiger partial charge in [0.15, 0.2) is 0 Å². The molecule has 0 aromatic heterocycles. The van der Waals surface area contributed by atoms with E-state index in [1.54, 1.807) is 0 Å². The topological polar surface area (TPSA) is 78.5 Å². The highest BCUT2D eigenvalue weighted by Gasteiger charge is 2.44. The maximum atomic E-state index is 12.5. The number of hydrogen-bond acceptors (Lipinski definition) is 4. The smallest absolute Gasteiger partial charge is 0.229 e. The number of carbonyl (C=O) groups is 1. The van der Waals surface area contributed by atoms with Gasteiger partial charge in [-0.05, 0) is 24.1 Å². The van der Waals surface area contributed by atoms with E-state index in [9.17, 15) is 13.2 Å². The van der Waals surface area contributed by atoms with Crippen molar-refractivity contribution >= 4 is 27.5 Å². The first kappa shape index (κ1) is 18.2. The summed E-state index contributed by atoms with van der Waals surface area (Å²) in [5.41, 5.74) is 0.580. The van der Waals surface area contributed by atoms with Gasteiger partial charge in [0.25, 0.3) is 0 Å². The molecule has 1 amide bonds. The highest BCUT2D eigenvalue weighted by molar-refractivity contribution is 7.88. The third-order valence-corrected chi connectivity index (χ3v) is 5.71. The maximum absolute atomic E-state index is 12.5. The fraction of sp³-hybridized carbons (Fsp3) is 0.533. The molecule has 1 aromatic rings. The molecule has 1 aliphatic rings. The first-order valence-corrected chi connectivity index (χ1v) is 9.60. The summed E-state index contributed by atoms with van der Waals surface area (Å²) < 4.78 is 23.9. The molecule has 1 aliphatic heterocycles. The first-order chi connectivity index (χ1) is 10.7. The Hall–Kier alpha value is -1.15. The van der Waals surface area contributed by atoms with E-state index >= 15 is 0 Å². The van der Waals surface area contributed by atoms with E-state index in [2.05, 4.69) is 10.6 Å². The normalized spacial score (nSPS) is 16.9. The number of sulfonamides is 1. The van der Waals surface area contributed by atoms with Gasteiger partial charge < -0.3 is 10.6 Å². The van der Waals surface area contributed by atoms with Crippen LogP contribution in [0.15, 0.2) is 24.3 Å². The minimum atomic E-state index is -3.22. The van der Waals surface area contributed by atoms with E-state index in [-0.39, 0.29) is 12.5 Å². The summed E-state index contributed by atoms with van der Waals surface area (Å²) in [6, 6.07) is 7.48. The molecule has 0 aliphatic carbocycles. The van der Waals surface area contributed by atoms with Gasteiger partial charge in [0.2, 0.25) is 15.9 Å². The number of benzene rings is 1. The second kappa shape index (κ2) is 7.17. The number of halogens is 1. The van der Waals surface area contributed by atoms with Gasteiger partial charge in [-0.2, -0.15) is 0 Å². The molecule has 128 valence electrons. The molecule has 0 atom stereocenters. The van der Waals surface area contributed by atoms with Crippen molar-refractivity contribution in [2.75, 3.05) is 39.5 Å². The lowest BCUT2D eigenvalue weighted by Crippen LogP contribution is -2.63. The van der Waals surface area contributed by atoms with E-state index < -0.39 is 15.4 Å². The van der Waals surface area contributed by atoms with Crippen molar-refractivity contribution in [3.63, 3.8) is 0 Å². The average molecular weight is 360 g/mol. The second-order valence-electron chi connectivity index (χ2n) is 6.03. The number of hydrogen-bond donors (Lipinski definition) is 2. The molecule has 1 heterocycles. The summed E-state index contributed by atoms with van der Waals surface area (Å²) in [5.74, 6) is -0.0481. The van der Waals surface area contributed by atoms with Crippen LogP contribution in [0.5, 0.6) is 0 Å². The zero-order valence-electron chi connectivity index (χ0n) is 13.3. The van der Waals surface area contributed by atoms with Crippen molar-refractivity contribution in [3.05, 3.63) is 34.9 Å². The van der Waals surface area contributed by atoms with E-state index in [1.807, 2.05) is 24.3 Å². The number of nitrogens with zero attached hydrogens (tertiary/aromatic N) is 1. The van der Waals surface area contributed by atoms with Crippen molar-refractivity contribution in [2.24, 2.45) is 5.41 Å². The first-order valence-electron chi connectivity index (χ1n) is 7.38. The molecule has 6 nitrogen and oxygen atoms in total. The third kappa shape index (κ3) is 4.67. The van der Waals surface area contributed by atoms with E-state index in [1.165, 1.54) is 11.4 Å². The van der Waals surface area contributed by atoms with Crippen LogP contribution in [0, 0.1) is 5.41 Å². The van der Waals surface area contributed by atoms with Gasteiger partial charge >= 0.3 is 0 Å². The zero-order chi connectivity index (χ0) is 17.1. The number of amides is 1. The van der Waals surface area contributed by atoms with Crippen LogP contribution in [-0.2, 0) is 21.2 Å². The SMILES string of the molecule is CN(CCNC(=O)C1(Cc2ccc(Cl)cc2)CNC1)S(C)(=O)=O. The van der Waals surface area contributed by atoms with Crippen molar-refractivity contribution in [2.45, 2.75) is 6.42 Å². The van der Waals surface area contributed by atoms with Crippen LogP contribution >= 0.6 is 11.6 Å². The van der Waals surface area contributed by atoms with Gasteiger partial charge in [-0.1, -0.05) is 23.7 Å². The molecule has 1 saturated heterocycles. The van der Waals surface area contributed by atoms with Crippen LogP contribution < -0.4 is 10.6 Å². The Morgan fingerprint density at radius 2 is 1.96 bits per heavy atom. The number of carbonyl (C=O) groups excluding carboxylic acids is 1. The molecular weight excluding hydrogens is 338 g/mol. The Bertz CT molecular complexity index is 657. The molecule has 0 saturated carbocycles. The molecule has 0 unspecified atom stereocenters. The van der Waals surface area contributed by atoms with Crippen molar-refractivity contribution < 1.29 is 13.2 Å². The molecule has 0 spiro atoms. The largest absolute Gasteiger partial charge is 0.354 e. The van der Waals surface area contributed by atoms with Crippen LogP contribution in [0.3, 0.4) is 0 Å². The summed E-state index contributed by atoms with van der Waals surface area (Å²) in [4.78, 5) is 12.5. The monoisotopic (exact) mass is 359 g/mol. The molecular formula is C15H22ClN3O3S. The summed E-state index contributed by atoms with van der Waals surface area (Å²) >= 11 is 5.88. The zero-order valence-corrected chi connectivity index (χ0v) is 14.9. The molecule has 0 radical (unpaired) electrons. The molecule has 1 fully saturated rings. The van der Waals surface area contributed by atoms with Gasteiger partial charge in [-0.25, -0.2) is 12.7 Å². The van der Waals surface area contributed by atoms with Gasteiger partial charge in [0.1, 0.15) is 0 Å². The minimum Gasteiger partial charge on any atom is -0.354 e. The maximum Gasteiger partial charge on any atom is 0.229 e. The predicted octanol–water partition coefficient (Wildman–Crippen LogP) is 0.480. The Morgan fingerprint density at radius 3 is 2.43 bits per heavy atom. The van der Waals surface area contributed by atoms with Crippen LogP contribution in [0.1, 0.15) is 5.56 Å². The van der Waals surface area contributed by atoms with Crippen LogP contribution in [0.25, 0.3) is 0 Å². The molecule has 2 rings (SSSR count). The van der Waals surface area contributed by atoms with Gasteiger partial charge in [-0.15, -0.1) is 0 Å². The van der Waals surface area contributed by atoms with Gasteiger partial charge in [0.05, 0.1) is 11.7 Å². The van der Waals surface area contributed by atoms with Crippen molar-refractivity contribution in [1.29, 1.82) is 0 Å². The van der Waals surface area contributed by atoms with E-state index in [0.29, 0.717) is 31.1 Å². The molecule has 8 heteroatoms. The summed E-state index contributed by atoms with van der Waals surface area (Å²) in [6.07, 6.45) is 1.78. The van der Waals surface area contributed by atoms with Crippen LogP contribution in [0.2, 0.25) is 5.02 Å². The predicted molar refractivity (Wildman–Crippen MR) is 90.9 cm³/mol. The molecule has 0 bridgehead atoms. The lowest BCUT2D eigenvalue weighted by Gasteiger charge is -2.41. The number of likely N-dealkylation sites (N-methyl/N-ethyl adjacent to an activating group) is 1. The molecule has 23 heavy (non-hydrogen) atoms. The average Bonchev–Trinajstić information content (AvgIpc) is 2.43. The van der Waals surface area contributed by atoms with E-state index in [4.69, 9.17) is 11.6 Å². The summed E-state index contributed by atoms with van der Waals surface area (Å²) in [7, 11) is -1.73. The second-order valence-corrected chi connectivity index (χ2v) is 8.55. The Labute approximate surface area is 142 Å². The Balaban J connectivity index is 1.92. The Kier molecular flexibility index (Phi) is 5.67. The van der Waals surface area contributed by atoms with Crippen LogP contribution in [0.4, 0.5) is 0 Å². The third-order valence-electron chi connectivity index (χ3n) is 4.14. The van der Waals surface area contributed by atoms with Gasteiger partial charge in [0, 0.05) is 38.2 Å². The number of rotatable bonds is 7.